The Balaban J connectivity index is 2.50. The minimum Gasteiger partial charge on any atom is -0.491 e. The Labute approximate surface area is 108 Å². The third-order valence-electron chi connectivity index (χ3n) is 2.56. The molecule has 0 aromatic heterocycles. The first-order chi connectivity index (χ1) is 8.67. The predicted octanol–water partition coefficient (Wildman–Crippen LogP) is 1.92. The summed E-state index contributed by atoms with van der Waals surface area (Å²) in [6, 6.07) is 7.31. The molecule has 0 heterocycles. The summed E-state index contributed by atoms with van der Waals surface area (Å²) in [7, 11) is 1.38. The molecule has 1 unspecified atom stereocenters. The average molecular weight is 251 g/mol. The highest BCUT2D eigenvalue weighted by Crippen LogP contribution is 2.11. The minimum atomic E-state index is -0.420. The summed E-state index contributed by atoms with van der Waals surface area (Å²) >= 11 is 0. The van der Waals surface area contributed by atoms with Crippen molar-refractivity contribution < 1.29 is 14.3 Å². The van der Waals surface area contributed by atoms with Crippen molar-refractivity contribution in [3.05, 3.63) is 29.8 Å². The van der Waals surface area contributed by atoms with Crippen LogP contribution < -0.4 is 10.1 Å². The Morgan fingerprint density at radius 1 is 1.33 bits per heavy atom. The molecular formula is C14H21NO3. The van der Waals surface area contributed by atoms with E-state index >= 15 is 0 Å². The summed E-state index contributed by atoms with van der Waals surface area (Å²) < 4.78 is 10.3. The van der Waals surface area contributed by atoms with Crippen molar-refractivity contribution in [3.8, 4) is 5.75 Å². The molecule has 0 saturated carbocycles. The van der Waals surface area contributed by atoms with Crippen LogP contribution in [0.1, 0.15) is 18.9 Å². The molecule has 18 heavy (non-hydrogen) atoms. The number of ether oxygens (including phenoxy) is 2. The van der Waals surface area contributed by atoms with E-state index in [2.05, 4.69) is 5.32 Å². The maximum absolute atomic E-state index is 11.5. The van der Waals surface area contributed by atoms with Gasteiger partial charge in [-0.1, -0.05) is 24.6 Å². The van der Waals surface area contributed by atoms with Crippen molar-refractivity contribution in [2.75, 3.05) is 20.3 Å². The van der Waals surface area contributed by atoms with E-state index in [9.17, 15) is 4.79 Å². The molecule has 1 aromatic rings. The molecular weight excluding hydrogens is 230 g/mol. The molecule has 0 fully saturated rings. The van der Waals surface area contributed by atoms with Crippen LogP contribution in [0.3, 0.4) is 0 Å². The van der Waals surface area contributed by atoms with Gasteiger partial charge in [0.15, 0.2) is 0 Å². The number of carbonyl (C=O) groups excluding carboxylic acids is 1. The second-order valence-corrected chi connectivity index (χ2v) is 4.15. The van der Waals surface area contributed by atoms with Crippen LogP contribution >= 0.6 is 0 Å². The zero-order chi connectivity index (χ0) is 13.4. The smallest absolute Gasteiger partial charge is 0.326 e. The maximum atomic E-state index is 11.5. The molecule has 0 aliphatic heterocycles. The van der Waals surface area contributed by atoms with Gasteiger partial charge in [0, 0.05) is 0 Å². The summed E-state index contributed by atoms with van der Waals surface area (Å²) in [6.07, 6.45) is 0.956. The van der Waals surface area contributed by atoms with Crippen LogP contribution in [0, 0.1) is 6.92 Å². The van der Waals surface area contributed by atoms with Gasteiger partial charge in [0.25, 0.3) is 0 Å². The van der Waals surface area contributed by atoms with E-state index < -0.39 is 6.04 Å². The first-order valence-electron chi connectivity index (χ1n) is 6.18. The molecule has 4 heteroatoms. The summed E-state index contributed by atoms with van der Waals surface area (Å²) in [5.74, 6) is 0.461. The van der Waals surface area contributed by atoms with Crippen LogP contribution in [0.4, 0.5) is 0 Å². The Morgan fingerprint density at radius 3 is 2.56 bits per heavy atom. The Hall–Kier alpha value is -1.55. The van der Waals surface area contributed by atoms with Crippen LogP contribution in [-0.2, 0) is 9.53 Å². The van der Waals surface area contributed by atoms with E-state index in [1.54, 1.807) is 0 Å². The summed E-state index contributed by atoms with van der Waals surface area (Å²) in [4.78, 5) is 11.5. The van der Waals surface area contributed by atoms with E-state index in [-0.39, 0.29) is 12.6 Å². The molecule has 0 radical (unpaired) electrons. The van der Waals surface area contributed by atoms with Gasteiger partial charge in [0.05, 0.1) is 7.11 Å². The zero-order valence-electron chi connectivity index (χ0n) is 11.2. The van der Waals surface area contributed by atoms with Crippen molar-refractivity contribution in [1.82, 2.24) is 5.32 Å². The Morgan fingerprint density at radius 2 is 2.00 bits per heavy atom. The predicted molar refractivity (Wildman–Crippen MR) is 70.8 cm³/mol. The van der Waals surface area contributed by atoms with Gasteiger partial charge < -0.3 is 14.8 Å². The van der Waals surface area contributed by atoms with Gasteiger partial charge in [0.1, 0.15) is 18.4 Å². The lowest BCUT2D eigenvalue weighted by Gasteiger charge is -2.16. The molecule has 0 saturated heterocycles. The molecule has 0 aliphatic carbocycles. The topological polar surface area (TPSA) is 47.6 Å². The quantitative estimate of drug-likeness (QED) is 0.752. The van der Waals surface area contributed by atoms with Crippen LogP contribution in [0.25, 0.3) is 0 Å². The highest BCUT2D eigenvalue weighted by atomic mass is 16.5. The molecule has 0 amide bonds. The van der Waals surface area contributed by atoms with E-state index in [0.29, 0.717) is 0 Å². The van der Waals surface area contributed by atoms with Gasteiger partial charge in [-0.15, -0.1) is 0 Å². The van der Waals surface area contributed by atoms with Crippen molar-refractivity contribution in [3.63, 3.8) is 0 Å². The lowest BCUT2D eigenvalue weighted by molar-refractivity contribution is -0.143. The maximum Gasteiger partial charge on any atom is 0.326 e. The number of aryl methyl sites for hydroxylation is 1. The standard InChI is InChI=1S/C14H21NO3/c1-4-9-15-13(14(16)17-3)10-18-12-7-5-11(2)6-8-12/h5-8,13,15H,4,9-10H2,1-3H3. The van der Waals surface area contributed by atoms with Crippen LogP contribution in [-0.4, -0.2) is 32.3 Å². The third-order valence-corrected chi connectivity index (χ3v) is 2.56. The number of hydrogen-bond donors (Lipinski definition) is 1. The number of esters is 1. The fourth-order valence-corrected chi connectivity index (χ4v) is 1.49. The number of benzene rings is 1. The molecule has 1 N–H and O–H groups in total. The largest absolute Gasteiger partial charge is 0.491 e. The van der Waals surface area contributed by atoms with Crippen LogP contribution in [0.2, 0.25) is 0 Å². The number of rotatable bonds is 7. The van der Waals surface area contributed by atoms with Gasteiger partial charge in [-0.3, -0.25) is 4.79 Å². The van der Waals surface area contributed by atoms with Crippen molar-refractivity contribution in [1.29, 1.82) is 0 Å². The van der Waals surface area contributed by atoms with E-state index in [4.69, 9.17) is 9.47 Å². The van der Waals surface area contributed by atoms with Gasteiger partial charge in [0.2, 0.25) is 0 Å². The second kappa shape index (κ2) is 7.71. The fourth-order valence-electron chi connectivity index (χ4n) is 1.49. The van der Waals surface area contributed by atoms with Gasteiger partial charge >= 0.3 is 5.97 Å². The fraction of sp³-hybridized carbons (Fsp3) is 0.500. The average Bonchev–Trinajstić information content (AvgIpc) is 2.40. The first-order valence-corrected chi connectivity index (χ1v) is 6.18. The van der Waals surface area contributed by atoms with E-state index in [0.717, 1.165) is 18.7 Å². The Bertz CT molecular complexity index is 362. The number of hydrogen-bond acceptors (Lipinski definition) is 4. The van der Waals surface area contributed by atoms with Gasteiger partial charge in [-0.05, 0) is 32.0 Å². The molecule has 100 valence electrons. The van der Waals surface area contributed by atoms with Gasteiger partial charge in [-0.25, -0.2) is 0 Å². The van der Waals surface area contributed by atoms with Crippen molar-refractivity contribution in [2.45, 2.75) is 26.3 Å². The van der Waals surface area contributed by atoms with E-state index in [1.165, 1.54) is 12.7 Å². The van der Waals surface area contributed by atoms with E-state index in [1.807, 2.05) is 38.1 Å². The first kappa shape index (κ1) is 14.5. The van der Waals surface area contributed by atoms with Crippen molar-refractivity contribution in [2.24, 2.45) is 0 Å². The molecule has 1 aromatic carbocycles. The normalized spacial score (nSPS) is 11.9. The molecule has 0 bridgehead atoms. The van der Waals surface area contributed by atoms with Gasteiger partial charge in [-0.2, -0.15) is 0 Å². The summed E-state index contributed by atoms with van der Waals surface area (Å²) in [5.41, 5.74) is 1.18. The second-order valence-electron chi connectivity index (χ2n) is 4.15. The SMILES string of the molecule is CCCNC(COc1ccc(C)cc1)C(=O)OC. The summed E-state index contributed by atoms with van der Waals surface area (Å²) in [6.45, 7) is 5.10. The molecule has 1 atom stereocenters. The number of carbonyl (C=O) groups is 1. The molecule has 0 spiro atoms. The molecule has 1 rings (SSSR count). The lowest BCUT2D eigenvalue weighted by atomic mass is 10.2. The van der Waals surface area contributed by atoms with Crippen molar-refractivity contribution >= 4 is 5.97 Å². The summed E-state index contributed by atoms with van der Waals surface area (Å²) in [5, 5.41) is 3.10. The molecule has 4 nitrogen and oxygen atoms in total. The third kappa shape index (κ3) is 4.75. The van der Waals surface area contributed by atoms with Crippen LogP contribution in [0.5, 0.6) is 5.75 Å². The lowest BCUT2D eigenvalue weighted by Crippen LogP contribution is -2.42. The highest BCUT2D eigenvalue weighted by Gasteiger charge is 2.18. The zero-order valence-corrected chi connectivity index (χ0v) is 11.2. The molecule has 0 aliphatic rings. The number of methoxy groups -OCH3 is 1. The highest BCUT2D eigenvalue weighted by molar-refractivity contribution is 5.75. The minimum absolute atomic E-state index is 0.274. The Kier molecular flexibility index (Phi) is 6.22. The van der Waals surface area contributed by atoms with Crippen LogP contribution in [0.15, 0.2) is 24.3 Å². The number of nitrogens with one attached hydrogen (secondary N) is 1. The monoisotopic (exact) mass is 251 g/mol.